The number of amides is 2. The van der Waals surface area contributed by atoms with E-state index in [-0.39, 0.29) is 23.4 Å². The molecule has 0 aromatic heterocycles. The maximum atomic E-state index is 14.2. The fourth-order valence-electron chi connectivity index (χ4n) is 5.44. The first-order valence-corrected chi connectivity index (χ1v) is 15.9. The van der Waals surface area contributed by atoms with E-state index in [1.165, 1.54) is 17.0 Å². The van der Waals surface area contributed by atoms with Crippen LogP contribution in [0.25, 0.3) is 0 Å². The molecule has 1 N–H and O–H groups in total. The zero-order chi connectivity index (χ0) is 29.6. The molecule has 2 amide bonds. The second-order valence-corrected chi connectivity index (χ2v) is 13.0. The Morgan fingerprint density at radius 3 is 2.17 bits per heavy atom. The largest absolute Gasteiger partial charge is 0.352 e. The summed E-state index contributed by atoms with van der Waals surface area (Å²) in [6.45, 7) is 5.22. The van der Waals surface area contributed by atoms with Gasteiger partial charge in [-0.1, -0.05) is 73.8 Å². The number of nitrogens with zero attached hydrogens (tertiary/aromatic N) is 2. The van der Waals surface area contributed by atoms with Crippen LogP contribution in [0.15, 0.2) is 77.7 Å². The van der Waals surface area contributed by atoms with E-state index >= 15 is 0 Å². The lowest BCUT2D eigenvalue weighted by Crippen LogP contribution is -2.53. The van der Waals surface area contributed by atoms with Crippen LogP contribution in [0.4, 0.5) is 5.69 Å². The standard InChI is InChI=1S/C32H38ClN3O4S/c1-4-30(32(38)34-26-13-9-10-14-26)35(21-25-12-8-11-17-29(25)33)31(37)22-36(27-19-23(2)18-24(3)20-27)41(39,40)28-15-6-5-7-16-28/h5-8,11-12,15-20,26,30H,4,9-10,13-14,21-22H2,1-3H3,(H,34,38)/t30-/m0/s1. The van der Waals surface area contributed by atoms with Crippen molar-refractivity contribution in [3.8, 4) is 0 Å². The van der Waals surface area contributed by atoms with E-state index in [0.717, 1.165) is 41.1 Å². The van der Waals surface area contributed by atoms with Gasteiger partial charge in [0.2, 0.25) is 11.8 Å². The Hall–Kier alpha value is -3.36. The van der Waals surface area contributed by atoms with Crippen molar-refractivity contribution in [2.24, 2.45) is 0 Å². The van der Waals surface area contributed by atoms with Crippen LogP contribution in [0.3, 0.4) is 0 Å². The lowest BCUT2D eigenvalue weighted by molar-refractivity contribution is -0.140. The minimum atomic E-state index is -4.11. The Kier molecular flexibility index (Phi) is 10.1. The first kappa shape index (κ1) is 30.6. The third-order valence-electron chi connectivity index (χ3n) is 7.49. The molecule has 0 radical (unpaired) electrons. The van der Waals surface area contributed by atoms with Crippen LogP contribution in [0, 0.1) is 13.8 Å². The van der Waals surface area contributed by atoms with Crippen LogP contribution in [0.1, 0.15) is 55.7 Å². The molecule has 0 bridgehead atoms. The van der Waals surface area contributed by atoms with Crippen molar-refractivity contribution < 1.29 is 18.0 Å². The van der Waals surface area contributed by atoms with Crippen LogP contribution in [0.2, 0.25) is 5.02 Å². The number of hydrogen-bond acceptors (Lipinski definition) is 4. The first-order valence-electron chi connectivity index (χ1n) is 14.1. The summed E-state index contributed by atoms with van der Waals surface area (Å²) >= 11 is 6.48. The third kappa shape index (κ3) is 7.49. The molecule has 0 saturated heterocycles. The number of aryl methyl sites for hydroxylation is 2. The summed E-state index contributed by atoms with van der Waals surface area (Å²) in [7, 11) is -4.11. The summed E-state index contributed by atoms with van der Waals surface area (Å²) in [5.41, 5.74) is 2.81. The van der Waals surface area contributed by atoms with Crippen molar-refractivity contribution in [3.63, 3.8) is 0 Å². The van der Waals surface area contributed by atoms with Gasteiger partial charge in [-0.25, -0.2) is 8.42 Å². The van der Waals surface area contributed by atoms with Gasteiger partial charge in [-0.2, -0.15) is 0 Å². The highest BCUT2D eigenvalue weighted by Crippen LogP contribution is 2.28. The molecule has 1 aliphatic rings. The summed E-state index contributed by atoms with van der Waals surface area (Å²) in [6.07, 6.45) is 4.31. The summed E-state index contributed by atoms with van der Waals surface area (Å²) in [4.78, 5) is 29.3. The quantitative estimate of drug-likeness (QED) is 0.294. The number of carbonyl (C=O) groups excluding carboxylic acids is 2. The number of carbonyl (C=O) groups is 2. The van der Waals surface area contributed by atoms with E-state index < -0.39 is 28.5 Å². The Balaban J connectivity index is 1.74. The molecule has 0 unspecified atom stereocenters. The minimum Gasteiger partial charge on any atom is -0.352 e. The summed E-state index contributed by atoms with van der Waals surface area (Å²) in [6, 6.07) is 20.0. The minimum absolute atomic E-state index is 0.0706. The molecular weight excluding hydrogens is 558 g/mol. The average molecular weight is 596 g/mol. The Bertz CT molecular complexity index is 1450. The fourth-order valence-corrected chi connectivity index (χ4v) is 7.05. The number of benzene rings is 3. The van der Waals surface area contributed by atoms with Crippen molar-refractivity contribution in [1.82, 2.24) is 10.2 Å². The summed E-state index contributed by atoms with van der Waals surface area (Å²) < 4.78 is 29.1. The fraction of sp³-hybridized carbons (Fsp3) is 0.375. The van der Waals surface area contributed by atoms with Crippen molar-refractivity contribution in [2.45, 2.75) is 76.4 Å². The number of rotatable bonds is 11. The molecule has 41 heavy (non-hydrogen) atoms. The second kappa shape index (κ2) is 13.5. The van der Waals surface area contributed by atoms with Crippen LogP contribution < -0.4 is 9.62 Å². The van der Waals surface area contributed by atoms with Crippen LogP contribution in [0.5, 0.6) is 0 Å². The predicted octanol–water partition coefficient (Wildman–Crippen LogP) is 6.02. The van der Waals surface area contributed by atoms with E-state index in [0.29, 0.717) is 22.7 Å². The molecule has 1 saturated carbocycles. The first-order chi connectivity index (χ1) is 19.6. The van der Waals surface area contributed by atoms with Gasteiger partial charge in [0.1, 0.15) is 12.6 Å². The molecular formula is C32H38ClN3O4S. The number of sulfonamides is 1. The third-order valence-corrected chi connectivity index (χ3v) is 9.65. The molecule has 1 aliphatic carbocycles. The highest BCUT2D eigenvalue weighted by Gasteiger charge is 2.35. The van der Waals surface area contributed by atoms with Crippen LogP contribution in [-0.2, 0) is 26.2 Å². The molecule has 9 heteroatoms. The van der Waals surface area contributed by atoms with Crippen molar-refractivity contribution >= 4 is 39.1 Å². The topological polar surface area (TPSA) is 86.8 Å². The van der Waals surface area contributed by atoms with Crippen molar-refractivity contribution in [1.29, 1.82) is 0 Å². The molecule has 0 aliphatic heterocycles. The molecule has 7 nitrogen and oxygen atoms in total. The van der Waals surface area contributed by atoms with E-state index in [2.05, 4.69) is 5.32 Å². The highest BCUT2D eigenvalue weighted by molar-refractivity contribution is 7.92. The van der Waals surface area contributed by atoms with Crippen LogP contribution in [-0.4, -0.2) is 43.8 Å². The van der Waals surface area contributed by atoms with Crippen molar-refractivity contribution in [2.75, 3.05) is 10.8 Å². The van der Waals surface area contributed by atoms with Gasteiger partial charge in [0.15, 0.2) is 0 Å². The van der Waals surface area contributed by atoms with Crippen molar-refractivity contribution in [3.05, 3.63) is 94.5 Å². The Morgan fingerprint density at radius 2 is 1.56 bits per heavy atom. The maximum absolute atomic E-state index is 14.2. The Labute approximate surface area is 248 Å². The molecule has 3 aromatic carbocycles. The second-order valence-electron chi connectivity index (χ2n) is 10.7. The SMILES string of the molecule is CC[C@@H](C(=O)NC1CCCC1)N(Cc1ccccc1Cl)C(=O)CN(c1cc(C)cc(C)c1)S(=O)(=O)c1ccccc1. The maximum Gasteiger partial charge on any atom is 0.264 e. The molecule has 3 aromatic rings. The normalized spacial score (nSPS) is 14.4. The van der Waals surface area contributed by atoms with Gasteiger partial charge in [0.25, 0.3) is 10.0 Å². The Morgan fingerprint density at radius 1 is 0.951 bits per heavy atom. The number of nitrogens with one attached hydrogen (secondary N) is 1. The molecule has 1 atom stereocenters. The number of halogens is 1. The van der Waals surface area contributed by atoms with Gasteiger partial charge >= 0.3 is 0 Å². The van der Waals surface area contributed by atoms with Gasteiger partial charge in [-0.15, -0.1) is 0 Å². The average Bonchev–Trinajstić information content (AvgIpc) is 3.45. The van der Waals surface area contributed by atoms with Gasteiger partial charge < -0.3 is 10.2 Å². The van der Waals surface area contributed by atoms with Gasteiger partial charge in [0.05, 0.1) is 10.6 Å². The van der Waals surface area contributed by atoms with Gasteiger partial charge in [0, 0.05) is 17.6 Å². The predicted molar refractivity (Wildman–Crippen MR) is 163 cm³/mol. The number of hydrogen-bond donors (Lipinski definition) is 1. The van der Waals surface area contributed by atoms with Crippen LogP contribution >= 0.6 is 11.6 Å². The smallest absolute Gasteiger partial charge is 0.264 e. The highest BCUT2D eigenvalue weighted by atomic mass is 35.5. The molecule has 218 valence electrons. The van der Waals surface area contributed by atoms with E-state index in [9.17, 15) is 18.0 Å². The van der Waals surface area contributed by atoms with Gasteiger partial charge in [-0.05, 0) is 80.1 Å². The lowest BCUT2D eigenvalue weighted by atomic mass is 10.1. The molecule has 0 heterocycles. The zero-order valence-corrected chi connectivity index (χ0v) is 25.4. The molecule has 4 rings (SSSR count). The number of anilines is 1. The zero-order valence-electron chi connectivity index (χ0n) is 23.8. The summed E-state index contributed by atoms with van der Waals surface area (Å²) in [5.74, 6) is -0.722. The lowest BCUT2D eigenvalue weighted by Gasteiger charge is -2.34. The van der Waals surface area contributed by atoms with E-state index in [1.807, 2.05) is 39.0 Å². The molecule has 0 spiro atoms. The summed E-state index contributed by atoms with van der Waals surface area (Å²) in [5, 5.41) is 3.60. The van der Waals surface area contributed by atoms with Gasteiger partial charge in [-0.3, -0.25) is 13.9 Å². The van der Waals surface area contributed by atoms with E-state index in [4.69, 9.17) is 11.6 Å². The molecule has 1 fully saturated rings. The van der Waals surface area contributed by atoms with E-state index in [1.54, 1.807) is 42.5 Å². The monoisotopic (exact) mass is 595 g/mol.